The first-order valence-corrected chi connectivity index (χ1v) is 8.50. The lowest BCUT2D eigenvalue weighted by Gasteiger charge is -2.23. The van der Waals surface area contributed by atoms with Crippen LogP contribution in [-0.4, -0.2) is 29.6 Å². The van der Waals surface area contributed by atoms with Crippen LogP contribution in [0.2, 0.25) is 0 Å². The lowest BCUT2D eigenvalue weighted by atomic mass is 10.1. The summed E-state index contributed by atoms with van der Waals surface area (Å²) in [5.41, 5.74) is 7.01. The molecule has 0 saturated heterocycles. The average molecular weight is 333 g/mol. The first-order chi connectivity index (χ1) is 10.9. The Morgan fingerprint density at radius 1 is 1.35 bits per heavy atom. The molecule has 0 aliphatic heterocycles. The van der Waals surface area contributed by atoms with Gasteiger partial charge in [0.1, 0.15) is 10.8 Å². The van der Waals surface area contributed by atoms with E-state index in [2.05, 4.69) is 10.3 Å². The van der Waals surface area contributed by atoms with Gasteiger partial charge in [-0.15, -0.1) is 11.3 Å². The van der Waals surface area contributed by atoms with Gasteiger partial charge in [-0.2, -0.15) is 0 Å². The highest BCUT2D eigenvalue weighted by atomic mass is 32.1. The minimum absolute atomic E-state index is 0.0657. The molecular formula is C17H23N3O2S. The molecule has 2 aromatic rings. The second kappa shape index (κ2) is 7.57. The van der Waals surface area contributed by atoms with Gasteiger partial charge < -0.3 is 15.8 Å². The molecular weight excluding hydrogens is 310 g/mol. The first kappa shape index (κ1) is 17.4. The number of ether oxygens (including phenoxy) is 1. The lowest BCUT2D eigenvalue weighted by Crippen LogP contribution is -2.49. The second-order valence-corrected chi connectivity index (χ2v) is 6.77. The standard InChI is InChI=1S/C17H23N3O2S/c1-4-22-14-7-5-12(6-8-14)16-19-13(10-23-16)9-15(21)20-17(2,3)11-18/h5-8,10H,4,9,11,18H2,1-3H3,(H,20,21). The van der Waals surface area contributed by atoms with Crippen molar-refractivity contribution >= 4 is 17.2 Å². The fourth-order valence-electron chi connectivity index (χ4n) is 2.02. The molecule has 23 heavy (non-hydrogen) atoms. The van der Waals surface area contributed by atoms with Gasteiger partial charge in [-0.05, 0) is 45.0 Å². The summed E-state index contributed by atoms with van der Waals surface area (Å²) >= 11 is 1.53. The van der Waals surface area contributed by atoms with Crippen LogP contribution in [0.1, 0.15) is 26.5 Å². The van der Waals surface area contributed by atoms with Gasteiger partial charge in [-0.1, -0.05) is 0 Å². The van der Waals surface area contributed by atoms with Gasteiger partial charge in [-0.3, -0.25) is 4.79 Å². The topological polar surface area (TPSA) is 77.2 Å². The summed E-state index contributed by atoms with van der Waals surface area (Å²) in [6, 6.07) is 7.81. The number of aromatic nitrogens is 1. The van der Waals surface area contributed by atoms with Crippen molar-refractivity contribution in [2.75, 3.05) is 13.2 Å². The van der Waals surface area contributed by atoms with E-state index < -0.39 is 5.54 Å². The van der Waals surface area contributed by atoms with Crippen LogP contribution >= 0.6 is 11.3 Å². The maximum Gasteiger partial charge on any atom is 0.226 e. The van der Waals surface area contributed by atoms with E-state index in [-0.39, 0.29) is 12.3 Å². The summed E-state index contributed by atoms with van der Waals surface area (Å²) in [5.74, 6) is 0.778. The molecule has 1 aromatic heterocycles. The molecule has 3 N–H and O–H groups in total. The minimum Gasteiger partial charge on any atom is -0.494 e. The molecule has 0 aliphatic rings. The van der Waals surface area contributed by atoms with Crippen LogP contribution in [0.4, 0.5) is 0 Å². The summed E-state index contributed by atoms with van der Waals surface area (Å²) in [7, 11) is 0. The Bertz CT molecular complexity index is 650. The van der Waals surface area contributed by atoms with Gasteiger partial charge in [0.2, 0.25) is 5.91 Å². The molecule has 0 spiro atoms. The summed E-state index contributed by atoms with van der Waals surface area (Å²) < 4.78 is 5.43. The van der Waals surface area contributed by atoms with Crippen molar-refractivity contribution in [3.8, 4) is 16.3 Å². The van der Waals surface area contributed by atoms with Gasteiger partial charge in [0.05, 0.1) is 18.7 Å². The molecule has 2 rings (SSSR count). The van der Waals surface area contributed by atoms with Crippen LogP contribution in [-0.2, 0) is 11.2 Å². The smallest absolute Gasteiger partial charge is 0.226 e. The van der Waals surface area contributed by atoms with Crippen molar-refractivity contribution in [1.82, 2.24) is 10.3 Å². The molecule has 0 atom stereocenters. The van der Waals surface area contributed by atoms with E-state index in [0.29, 0.717) is 13.2 Å². The summed E-state index contributed by atoms with van der Waals surface area (Å²) in [5, 5.41) is 5.72. The molecule has 0 bridgehead atoms. The molecule has 5 nitrogen and oxygen atoms in total. The van der Waals surface area contributed by atoms with E-state index in [1.165, 1.54) is 11.3 Å². The molecule has 124 valence electrons. The van der Waals surface area contributed by atoms with Crippen molar-refractivity contribution in [3.05, 3.63) is 35.3 Å². The Morgan fingerprint density at radius 2 is 2.04 bits per heavy atom. The molecule has 1 heterocycles. The summed E-state index contributed by atoms with van der Waals surface area (Å²) in [6.45, 7) is 6.80. The van der Waals surface area contributed by atoms with Crippen molar-refractivity contribution in [2.45, 2.75) is 32.7 Å². The highest BCUT2D eigenvalue weighted by Crippen LogP contribution is 2.26. The van der Waals surface area contributed by atoms with Crippen molar-refractivity contribution in [2.24, 2.45) is 5.73 Å². The second-order valence-electron chi connectivity index (χ2n) is 5.91. The molecule has 0 aliphatic carbocycles. The number of benzene rings is 1. The largest absolute Gasteiger partial charge is 0.494 e. The van der Waals surface area contributed by atoms with Crippen LogP contribution in [0.15, 0.2) is 29.6 Å². The number of nitrogens with one attached hydrogen (secondary N) is 1. The monoisotopic (exact) mass is 333 g/mol. The van der Waals surface area contributed by atoms with Crippen molar-refractivity contribution in [3.63, 3.8) is 0 Å². The Labute approximate surface area is 140 Å². The van der Waals surface area contributed by atoms with E-state index in [9.17, 15) is 4.79 Å². The Morgan fingerprint density at radius 3 is 2.65 bits per heavy atom. The SMILES string of the molecule is CCOc1ccc(-c2nc(CC(=O)NC(C)(C)CN)cs2)cc1. The number of nitrogens with two attached hydrogens (primary N) is 1. The Hall–Kier alpha value is -1.92. The number of amides is 1. The van der Waals surface area contributed by atoms with E-state index in [0.717, 1.165) is 22.0 Å². The average Bonchev–Trinajstić information content (AvgIpc) is 2.96. The Kier molecular flexibility index (Phi) is 5.74. The highest BCUT2D eigenvalue weighted by Gasteiger charge is 2.19. The van der Waals surface area contributed by atoms with Gasteiger partial charge in [-0.25, -0.2) is 4.98 Å². The third kappa shape index (κ3) is 5.04. The third-order valence-electron chi connectivity index (χ3n) is 3.29. The fourth-order valence-corrected chi connectivity index (χ4v) is 2.84. The number of nitrogens with zero attached hydrogens (tertiary/aromatic N) is 1. The fraction of sp³-hybridized carbons (Fsp3) is 0.412. The molecule has 1 amide bonds. The normalized spacial score (nSPS) is 11.3. The van der Waals surface area contributed by atoms with Crippen LogP contribution in [0.3, 0.4) is 0 Å². The zero-order chi connectivity index (χ0) is 16.9. The molecule has 0 fully saturated rings. The zero-order valence-electron chi connectivity index (χ0n) is 13.8. The van der Waals surface area contributed by atoms with Gasteiger partial charge in [0.15, 0.2) is 0 Å². The first-order valence-electron chi connectivity index (χ1n) is 7.62. The summed E-state index contributed by atoms with van der Waals surface area (Å²) in [4.78, 5) is 16.6. The summed E-state index contributed by atoms with van der Waals surface area (Å²) in [6.07, 6.45) is 0.261. The molecule has 0 radical (unpaired) electrons. The molecule has 1 aromatic carbocycles. The van der Waals surface area contributed by atoms with Gasteiger partial charge in [0, 0.05) is 23.0 Å². The van der Waals surface area contributed by atoms with Crippen molar-refractivity contribution < 1.29 is 9.53 Å². The predicted molar refractivity (Wildman–Crippen MR) is 93.7 cm³/mol. The van der Waals surface area contributed by atoms with E-state index in [1.54, 1.807) is 0 Å². The molecule has 6 heteroatoms. The van der Waals surface area contributed by atoms with Crippen LogP contribution < -0.4 is 15.8 Å². The Balaban J connectivity index is 2.01. The molecule has 0 saturated carbocycles. The van der Waals surface area contributed by atoms with Gasteiger partial charge >= 0.3 is 0 Å². The number of thiazole rings is 1. The van der Waals surface area contributed by atoms with Crippen LogP contribution in [0, 0.1) is 0 Å². The predicted octanol–water partition coefficient (Wildman–Crippen LogP) is 2.60. The van der Waals surface area contributed by atoms with Crippen LogP contribution in [0.5, 0.6) is 5.75 Å². The van der Waals surface area contributed by atoms with Crippen molar-refractivity contribution in [1.29, 1.82) is 0 Å². The maximum atomic E-state index is 12.0. The van der Waals surface area contributed by atoms with Gasteiger partial charge in [0.25, 0.3) is 0 Å². The van der Waals surface area contributed by atoms with E-state index in [4.69, 9.17) is 10.5 Å². The third-order valence-corrected chi connectivity index (χ3v) is 4.23. The molecule has 0 unspecified atom stereocenters. The number of carbonyl (C=O) groups excluding carboxylic acids is 1. The van der Waals surface area contributed by atoms with Crippen LogP contribution in [0.25, 0.3) is 10.6 Å². The maximum absolute atomic E-state index is 12.0. The minimum atomic E-state index is -0.398. The number of rotatable bonds is 7. The highest BCUT2D eigenvalue weighted by molar-refractivity contribution is 7.13. The van der Waals surface area contributed by atoms with E-state index in [1.807, 2.05) is 50.4 Å². The van der Waals surface area contributed by atoms with E-state index >= 15 is 0 Å². The number of carbonyl (C=O) groups is 1. The lowest BCUT2D eigenvalue weighted by molar-refractivity contribution is -0.121. The number of hydrogen-bond acceptors (Lipinski definition) is 5. The quantitative estimate of drug-likeness (QED) is 0.816. The zero-order valence-corrected chi connectivity index (χ0v) is 14.6. The number of hydrogen-bond donors (Lipinski definition) is 2.